The molecule has 3 unspecified atom stereocenters. The largest absolute Gasteiger partial charge is 0.305 e. The van der Waals surface area contributed by atoms with E-state index >= 15 is 0 Å². The highest BCUT2D eigenvalue weighted by Crippen LogP contribution is 2.43. The van der Waals surface area contributed by atoms with Crippen LogP contribution in [-0.2, 0) is 0 Å². The summed E-state index contributed by atoms with van der Waals surface area (Å²) in [5.41, 5.74) is 0. The van der Waals surface area contributed by atoms with Crippen LogP contribution in [0, 0.1) is 11.8 Å². The molecule has 3 atom stereocenters. The van der Waals surface area contributed by atoms with Gasteiger partial charge in [0, 0.05) is 17.6 Å². The minimum absolute atomic E-state index is 0.547. The summed E-state index contributed by atoms with van der Waals surface area (Å²) in [6.07, 6.45) is 8.86. The third-order valence-corrected chi connectivity index (χ3v) is 4.92. The molecule has 0 spiro atoms. The summed E-state index contributed by atoms with van der Waals surface area (Å²) >= 11 is 1.81. The average molecular weight is 236 g/mol. The van der Waals surface area contributed by atoms with E-state index in [0.29, 0.717) is 6.04 Å². The number of nitrogens with one attached hydrogen (secondary N) is 1. The zero-order chi connectivity index (χ0) is 11.0. The Morgan fingerprint density at radius 3 is 2.81 bits per heavy atom. The summed E-state index contributed by atoms with van der Waals surface area (Å²) in [4.78, 5) is 4.50. The first kappa shape index (κ1) is 10.7. The number of rotatable bonds is 4. The van der Waals surface area contributed by atoms with Crippen molar-refractivity contribution in [3.05, 3.63) is 16.6 Å². The second kappa shape index (κ2) is 4.46. The molecule has 88 valence electrons. The molecule has 0 bridgehead atoms. The first-order valence-corrected chi connectivity index (χ1v) is 7.38. The standard InChI is InChI=1S/C13H20N2S/c1-9-3-2-4-11(9)15-12(10-5-6-10)13-14-7-8-16-13/h7-12,15H,2-6H2,1H3. The van der Waals surface area contributed by atoms with Gasteiger partial charge in [-0.1, -0.05) is 13.3 Å². The molecule has 16 heavy (non-hydrogen) atoms. The van der Waals surface area contributed by atoms with E-state index in [2.05, 4.69) is 22.6 Å². The van der Waals surface area contributed by atoms with Gasteiger partial charge < -0.3 is 5.32 Å². The van der Waals surface area contributed by atoms with E-state index in [0.717, 1.165) is 17.9 Å². The number of hydrogen-bond acceptors (Lipinski definition) is 3. The lowest BCUT2D eigenvalue weighted by Gasteiger charge is -2.24. The molecule has 1 N–H and O–H groups in total. The SMILES string of the molecule is CC1CCCC1NC(c1nccs1)C1CC1. The van der Waals surface area contributed by atoms with Crippen LogP contribution in [-0.4, -0.2) is 11.0 Å². The van der Waals surface area contributed by atoms with Crippen LogP contribution in [0.25, 0.3) is 0 Å². The maximum Gasteiger partial charge on any atom is 0.110 e. The Morgan fingerprint density at radius 2 is 2.25 bits per heavy atom. The van der Waals surface area contributed by atoms with Crippen molar-refractivity contribution in [2.75, 3.05) is 0 Å². The Balaban J connectivity index is 1.69. The quantitative estimate of drug-likeness (QED) is 0.867. The fraction of sp³-hybridized carbons (Fsp3) is 0.769. The fourth-order valence-electron chi connectivity index (χ4n) is 2.85. The van der Waals surface area contributed by atoms with Crippen LogP contribution in [0.4, 0.5) is 0 Å². The molecule has 2 fully saturated rings. The first-order valence-electron chi connectivity index (χ1n) is 6.50. The zero-order valence-corrected chi connectivity index (χ0v) is 10.7. The van der Waals surface area contributed by atoms with E-state index in [4.69, 9.17) is 0 Å². The molecule has 0 aliphatic heterocycles. The van der Waals surface area contributed by atoms with E-state index in [-0.39, 0.29) is 0 Å². The monoisotopic (exact) mass is 236 g/mol. The van der Waals surface area contributed by atoms with Crippen LogP contribution in [0.15, 0.2) is 11.6 Å². The normalized spacial score (nSPS) is 31.8. The maximum absolute atomic E-state index is 4.50. The van der Waals surface area contributed by atoms with Crippen molar-refractivity contribution in [2.45, 2.75) is 51.1 Å². The molecular formula is C13H20N2S. The van der Waals surface area contributed by atoms with Gasteiger partial charge in [0.2, 0.25) is 0 Å². The number of nitrogens with zero attached hydrogens (tertiary/aromatic N) is 1. The van der Waals surface area contributed by atoms with Gasteiger partial charge in [0.05, 0.1) is 6.04 Å². The minimum atomic E-state index is 0.547. The third-order valence-electron chi connectivity index (χ3n) is 4.07. The molecule has 2 aliphatic carbocycles. The minimum Gasteiger partial charge on any atom is -0.305 e. The second-order valence-electron chi connectivity index (χ2n) is 5.37. The van der Waals surface area contributed by atoms with Crippen LogP contribution in [0.2, 0.25) is 0 Å². The van der Waals surface area contributed by atoms with Gasteiger partial charge in [-0.05, 0) is 37.5 Å². The predicted octanol–water partition coefficient (Wildman–Crippen LogP) is 3.37. The molecule has 2 aliphatic rings. The topological polar surface area (TPSA) is 24.9 Å². The van der Waals surface area contributed by atoms with Crippen molar-refractivity contribution in [3.8, 4) is 0 Å². The molecule has 0 radical (unpaired) electrons. The summed E-state index contributed by atoms with van der Waals surface area (Å²) in [6.45, 7) is 2.39. The van der Waals surface area contributed by atoms with Gasteiger partial charge in [0.1, 0.15) is 5.01 Å². The molecular weight excluding hydrogens is 216 g/mol. The molecule has 3 heteroatoms. The maximum atomic E-state index is 4.50. The highest BCUT2D eigenvalue weighted by Gasteiger charge is 2.36. The molecule has 0 saturated heterocycles. The molecule has 2 nitrogen and oxygen atoms in total. The lowest BCUT2D eigenvalue weighted by atomic mass is 10.0. The number of thiazole rings is 1. The van der Waals surface area contributed by atoms with Crippen molar-refractivity contribution in [3.63, 3.8) is 0 Å². The van der Waals surface area contributed by atoms with E-state index < -0.39 is 0 Å². The van der Waals surface area contributed by atoms with Crippen molar-refractivity contribution < 1.29 is 0 Å². The van der Waals surface area contributed by atoms with Gasteiger partial charge >= 0.3 is 0 Å². The van der Waals surface area contributed by atoms with Crippen molar-refractivity contribution >= 4 is 11.3 Å². The van der Waals surface area contributed by atoms with E-state index in [1.54, 1.807) is 0 Å². The second-order valence-corrected chi connectivity index (χ2v) is 6.29. The van der Waals surface area contributed by atoms with Crippen LogP contribution in [0.5, 0.6) is 0 Å². The average Bonchev–Trinajstić information content (AvgIpc) is 2.82. The smallest absolute Gasteiger partial charge is 0.110 e. The Bertz CT molecular complexity index is 332. The van der Waals surface area contributed by atoms with Crippen LogP contribution in [0.3, 0.4) is 0 Å². The van der Waals surface area contributed by atoms with Crippen LogP contribution in [0.1, 0.15) is 50.1 Å². The van der Waals surface area contributed by atoms with Gasteiger partial charge in [-0.2, -0.15) is 0 Å². The predicted molar refractivity (Wildman–Crippen MR) is 67.5 cm³/mol. The number of hydrogen-bond donors (Lipinski definition) is 1. The van der Waals surface area contributed by atoms with Gasteiger partial charge in [-0.15, -0.1) is 11.3 Å². The summed E-state index contributed by atoms with van der Waals surface area (Å²) in [5.74, 6) is 1.71. The summed E-state index contributed by atoms with van der Waals surface area (Å²) in [6, 6.07) is 1.28. The van der Waals surface area contributed by atoms with Crippen molar-refractivity contribution in [2.24, 2.45) is 11.8 Å². The van der Waals surface area contributed by atoms with Crippen LogP contribution < -0.4 is 5.32 Å². The summed E-state index contributed by atoms with van der Waals surface area (Å²) < 4.78 is 0. The Kier molecular flexibility index (Phi) is 2.99. The van der Waals surface area contributed by atoms with Gasteiger partial charge in [-0.3, -0.25) is 0 Å². The Hall–Kier alpha value is -0.410. The third kappa shape index (κ3) is 2.16. The zero-order valence-electron chi connectivity index (χ0n) is 9.86. The Morgan fingerprint density at radius 1 is 1.38 bits per heavy atom. The van der Waals surface area contributed by atoms with Crippen molar-refractivity contribution in [1.82, 2.24) is 10.3 Å². The molecule has 1 heterocycles. The molecule has 2 saturated carbocycles. The molecule has 0 amide bonds. The fourth-order valence-corrected chi connectivity index (χ4v) is 3.64. The number of aromatic nitrogens is 1. The van der Waals surface area contributed by atoms with Gasteiger partial charge in [-0.25, -0.2) is 4.98 Å². The van der Waals surface area contributed by atoms with E-state index in [1.807, 2.05) is 17.5 Å². The van der Waals surface area contributed by atoms with Crippen LogP contribution >= 0.6 is 11.3 Å². The molecule has 1 aromatic heterocycles. The summed E-state index contributed by atoms with van der Waals surface area (Å²) in [5, 5.41) is 7.29. The van der Waals surface area contributed by atoms with E-state index in [1.165, 1.54) is 37.1 Å². The van der Waals surface area contributed by atoms with Crippen molar-refractivity contribution in [1.29, 1.82) is 0 Å². The Labute approximate surface area is 101 Å². The molecule has 0 aromatic carbocycles. The van der Waals surface area contributed by atoms with E-state index in [9.17, 15) is 0 Å². The highest BCUT2D eigenvalue weighted by atomic mass is 32.1. The highest BCUT2D eigenvalue weighted by molar-refractivity contribution is 7.09. The lowest BCUT2D eigenvalue weighted by molar-refractivity contribution is 0.353. The molecule has 3 rings (SSSR count). The molecule has 1 aromatic rings. The van der Waals surface area contributed by atoms with Gasteiger partial charge in [0.25, 0.3) is 0 Å². The van der Waals surface area contributed by atoms with Gasteiger partial charge in [0.15, 0.2) is 0 Å². The summed E-state index contributed by atoms with van der Waals surface area (Å²) in [7, 11) is 0. The lowest BCUT2D eigenvalue weighted by Crippen LogP contribution is -2.35. The first-order chi connectivity index (χ1) is 7.84.